The van der Waals surface area contributed by atoms with Crippen molar-refractivity contribution in [3.8, 4) is 5.75 Å². The summed E-state index contributed by atoms with van der Waals surface area (Å²) in [7, 11) is 0. The Labute approximate surface area is 105 Å². The maximum absolute atomic E-state index is 10.4. The number of aryl methyl sites for hydroxylation is 1. The monoisotopic (exact) mass is 242 g/mol. The zero-order valence-electron chi connectivity index (χ0n) is 10.1. The minimum atomic E-state index is 0.155. The van der Waals surface area contributed by atoms with E-state index < -0.39 is 0 Å². The molecule has 2 aromatic rings. The molecule has 0 aliphatic carbocycles. The Kier molecular flexibility index (Phi) is 3.57. The molecule has 4 nitrogen and oxygen atoms in total. The van der Waals surface area contributed by atoms with Crippen molar-refractivity contribution in [2.24, 2.45) is 5.18 Å². The third kappa shape index (κ3) is 2.85. The number of hydrogen-bond acceptors (Lipinski definition) is 4. The van der Waals surface area contributed by atoms with Gasteiger partial charge in [-0.3, -0.25) is 0 Å². The highest BCUT2D eigenvalue weighted by atomic mass is 16.3. The summed E-state index contributed by atoms with van der Waals surface area (Å²) in [6, 6.07) is 12.5. The minimum Gasteiger partial charge on any atom is -0.508 e. The Morgan fingerprint density at radius 3 is 2.78 bits per heavy atom. The molecule has 92 valence electrons. The van der Waals surface area contributed by atoms with E-state index in [1.54, 1.807) is 6.07 Å². The summed E-state index contributed by atoms with van der Waals surface area (Å²) in [4.78, 5) is 10.4. The first-order valence-corrected chi connectivity index (χ1v) is 5.65. The maximum Gasteiger partial charge on any atom is 0.120 e. The van der Waals surface area contributed by atoms with Gasteiger partial charge in [-0.2, -0.15) is 0 Å². The van der Waals surface area contributed by atoms with Crippen molar-refractivity contribution in [1.82, 2.24) is 0 Å². The minimum absolute atomic E-state index is 0.155. The molecule has 0 saturated heterocycles. The number of phenols is 1. The molecule has 0 bridgehead atoms. The van der Waals surface area contributed by atoms with Crippen LogP contribution in [-0.4, -0.2) is 5.11 Å². The summed E-state index contributed by atoms with van der Waals surface area (Å²) in [5, 5.41) is 15.7. The fourth-order valence-corrected chi connectivity index (χ4v) is 1.72. The average Bonchev–Trinajstić information content (AvgIpc) is 2.38. The predicted octanol–water partition coefficient (Wildman–Crippen LogP) is 3.71. The van der Waals surface area contributed by atoms with Gasteiger partial charge in [0.05, 0.1) is 0 Å². The van der Waals surface area contributed by atoms with Gasteiger partial charge in [-0.15, -0.1) is 4.91 Å². The van der Waals surface area contributed by atoms with Crippen molar-refractivity contribution in [3.05, 3.63) is 58.5 Å². The third-order valence-corrected chi connectivity index (χ3v) is 2.67. The highest BCUT2D eigenvalue weighted by molar-refractivity contribution is 5.50. The van der Waals surface area contributed by atoms with Gasteiger partial charge < -0.3 is 10.4 Å². The van der Waals surface area contributed by atoms with Gasteiger partial charge in [0.2, 0.25) is 0 Å². The molecule has 0 aliphatic rings. The number of hydrogen-bond donors (Lipinski definition) is 2. The standard InChI is InChI=1S/C14H14N2O2/c1-10-3-2-4-12(7-10)15-9-11-8-13(16-18)5-6-14(11)17/h2-8,15,17H,9H2,1H3. The van der Waals surface area contributed by atoms with Gasteiger partial charge in [0.25, 0.3) is 0 Å². The molecule has 0 heterocycles. The highest BCUT2D eigenvalue weighted by Crippen LogP contribution is 2.24. The lowest BCUT2D eigenvalue weighted by molar-refractivity contribution is 0.469. The maximum atomic E-state index is 10.4. The van der Waals surface area contributed by atoms with E-state index in [-0.39, 0.29) is 5.75 Å². The number of nitrogens with one attached hydrogen (secondary N) is 1. The molecule has 0 unspecified atom stereocenters. The molecule has 4 heteroatoms. The van der Waals surface area contributed by atoms with Crippen molar-refractivity contribution in [2.45, 2.75) is 13.5 Å². The highest BCUT2D eigenvalue weighted by Gasteiger charge is 2.03. The fourth-order valence-electron chi connectivity index (χ4n) is 1.72. The number of aromatic hydroxyl groups is 1. The van der Waals surface area contributed by atoms with Crippen LogP contribution in [0, 0.1) is 11.8 Å². The van der Waals surface area contributed by atoms with Gasteiger partial charge >= 0.3 is 0 Å². The van der Waals surface area contributed by atoms with Crippen molar-refractivity contribution >= 4 is 11.4 Å². The Morgan fingerprint density at radius 2 is 2.06 bits per heavy atom. The number of nitrogens with zero attached hydrogens (tertiary/aromatic N) is 1. The van der Waals surface area contributed by atoms with Gasteiger partial charge in [-0.25, -0.2) is 0 Å². The molecule has 2 rings (SSSR count). The summed E-state index contributed by atoms with van der Waals surface area (Å²) in [5.74, 6) is 0.155. The Morgan fingerprint density at radius 1 is 1.22 bits per heavy atom. The topological polar surface area (TPSA) is 61.7 Å². The number of nitroso groups, excluding NO2 is 1. The van der Waals surface area contributed by atoms with Crippen LogP contribution in [0.25, 0.3) is 0 Å². The molecule has 0 atom stereocenters. The summed E-state index contributed by atoms with van der Waals surface area (Å²) in [5.41, 5.74) is 3.09. The molecule has 0 radical (unpaired) electrons. The van der Waals surface area contributed by atoms with Crippen molar-refractivity contribution in [1.29, 1.82) is 0 Å². The summed E-state index contributed by atoms with van der Waals surface area (Å²) in [6.07, 6.45) is 0. The summed E-state index contributed by atoms with van der Waals surface area (Å²) < 4.78 is 0. The second-order valence-electron chi connectivity index (χ2n) is 4.13. The lowest BCUT2D eigenvalue weighted by atomic mass is 10.1. The van der Waals surface area contributed by atoms with E-state index in [1.807, 2.05) is 31.2 Å². The van der Waals surface area contributed by atoms with E-state index in [1.165, 1.54) is 12.1 Å². The normalized spacial score (nSPS) is 10.1. The second-order valence-corrected chi connectivity index (χ2v) is 4.13. The van der Waals surface area contributed by atoms with Crippen molar-refractivity contribution in [2.75, 3.05) is 5.32 Å². The van der Waals surface area contributed by atoms with E-state index >= 15 is 0 Å². The molecule has 0 spiro atoms. The zero-order valence-corrected chi connectivity index (χ0v) is 10.1. The number of benzene rings is 2. The first-order valence-electron chi connectivity index (χ1n) is 5.65. The van der Waals surface area contributed by atoms with Crippen molar-refractivity contribution < 1.29 is 5.11 Å². The van der Waals surface area contributed by atoms with Gasteiger partial charge in [0.15, 0.2) is 0 Å². The molecule has 2 aromatic carbocycles. The number of rotatable bonds is 4. The van der Waals surface area contributed by atoms with Crippen LogP contribution >= 0.6 is 0 Å². The van der Waals surface area contributed by atoms with Gasteiger partial charge in [-0.1, -0.05) is 12.1 Å². The lowest BCUT2D eigenvalue weighted by Gasteiger charge is -2.09. The van der Waals surface area contributed by atoms with E-state index in [9.17, 15) is 10.0 Å². The average molecular weight is 242 g/mol. The number of phenolic OH excluding ortho intramolecular Hbond substituents is 1. The molecule has 2 N–H and O–H groups in total. The van der Waals surface area contributed by atoms with E-state index in [4.69, 9.17) is 0 Å². The summed E-state index contributed by atoms with van der Waals surface area (Å²) >= 11 is 0. The molecule has 18 heavy (non-hydrogen) atoms. The van der Waals surface area contributed by atoms with Crippen LogP contribution < -0.4 is 5.32 Å². The van der Waals surface area contributed by atoms with Crippen LogP contribution in [0.4, 0.5) is 11.4 Å². The van der Waals surface area contributed by atoms with Gasteiger partial charge in [-0.05, 0) is 48.0 Å². The first-order chi connectivity index (χ1) is 8.69. The molecule has 0 aromatic heterocycles. The fraction of sp³-hybridized carbons (Fsp3) is 0.143. The Hall–Kier alpha value is -2.36. The van der Waals surface area contributed by atoms with Crippen LogP contribution in [0.3, 0.4) is 0 Å². The Bertz CT molecular complexity index is 567. The molecule has 0 aliphatic heterocycles. The number of anilines is 1. The van der Waals surface area contributed by atoms with Gasteiger partial charge in [0, 0.05) is 17.8 Å². The smallest absolute Gasteiger partial charge is 0.120 e. The van der Waals surface area contributed by atoms with Crippen LogP contribution in [0.15, 0.2) is 47.6 Å². The quantitative estimate of drug-likeness (QED) is 0.803. The van der Waals surface area contributed by atoms with E-state index in [0.29, 0.717) is 17.8 Å². The first kappa shape index (κ1) is 12.1. The molecule has 0 amide bonds. The molecule has 0 fully saturated rings. The third-order valence-electron chi connectivity index (χ3n) is 2.67. The summed E-state index contributed by atoms with van der Waals surface area (Å²) in [6.45, 7) is 2.46. The Balaban J connectivity index is 2.12. The van der Waals surface area contributed by atoms with Crippen molar-refractivity contribution in [3.63, 3.8) is 0 Å². The van der Waals surface area contributed by atoms with E-state index in [0.717, 1.165) is 11.3 Å². The van der Waals surface area contributed by atoms with Gasteiger partial charge in [0.1, 0.15) is 11.4 Å². The van der Waals surface area contributed by atoms with Crippen LogP contribution in [0.5, 0.6) is 5.75 Å². The zero-order chi connectivity index (χ0) is 13.0. The largest absolute Gasteiger partial charge is 0.508 e. The lowest BCUT2D eigenvalue weighted by Crippen LogP contribution is -1.99. The predicted molar refractivity (Wildman–Crippen MR) is 72.1 cm³/mol. The van der Waals surface area contributed by atoms with E-state index in [2.05, 4.69) is 10.5 Å². The SMILES string of the molecule is Cc1cccc(NCc2cc(N=O)ccc2O)c1. The van der Waals surface area contributed by atoms with Crippen LogP contribution in [0.2, 0.25) is 0 Å². The second kappa shape index (κ2) is 5.31. The van der Waals surface area contributed by atoms with Crippen LogP contribution in [-0.2, 0) is 6.54 Å². The molecular weight excluding hydrogens is 228 g/mol. The van der Waals surface area contributed by atoms with Crippen LogP contribution in [0.1, 0.15) is 11.1 Å². The molecular formula is C14H14N2O2. The molecule has 0 saturated carbocycles.